The number of carbonyl (C=O) groups is 3. The van der Waals surface area contributed by atoms with Gasteiger partial charge in [0.25, 0.3) is 5.91 Å². The predicted molar refractivity (Wildman–Crippen MR) is 99.3 cm³/mol. The number of aromatic nitrogens is 2. The van der Waals surface area contributed by atoms with Gasteiger partial charge in [0.05, 0.1) is 6.33 Å². The van der Waals surface area contributed by atoms with Crippen molar-refractivity contribution in [3.8, 4) is 0 Å². The molecule has 1 aromatic heterocycles. The molecule has 1 aromatic carbocycles. The summed E-state index contributed by atoms with van der Waals surface area (Å²) in [5, 5.41) is 5.56. The number of nitrogens with zero attached hydrogens (tertiary/aromatic N) is 4. The number of nitrogens with one attached hydrogen (secondary N) is 2. The summed E-state index contributed by atoms with van der Waals surface area (Å²) in [6, 6.07) is 7.37. The summed E-state index contributed by atoms with van der Waals surface area (Å²) in [7, 11) is 6.82. The zero-order valence-corrected chi connectivity index (χ0v) is 15.2. The van der Waals surface area contributed by atoms with Crippen molar-refractivity contribution in [2.45, 2.75) is 6.54 Å². The lowest BCUT2D eigenvalue weighted by atomic mass is 10.2. The minimum Gasteiger partial charge on any atom is -0.378 e. The maximum Gasteiger partial charge on any atom is 0.280 e. The molecule has 0 saturated carbocycles. The first kappa shape index (κ1) is 19.0. The van der Waals surface area contributed by atoms with Gasteiger partial charge in [-0.15, -0.1) is 0 Å². The lowest BCUT2D eigenvalue weighted by Gasteiger charge is -2.14. The second-order valence-corrected chi connectivity index (χ2v) is 5.83. The van der Waals surface area contributed by atoms with Gasteiger partial charge >= 0.3 is 0 Å². The molecule has 26 heavy (non-hydrogen) atoms. The van der Waals surface area contributed by atoms with E-state index in [2.05, 4.69) is 15.6 Å². The van der Waals surface area contributed by atoms with Gasteiger partial charge in [-0.25, -0.2) is 4.98 Å². The van der Waals surface area contributed by atoms with Crippen LogP contribution in [0.4, 0.5) is 17.2 Å². The number of benzene rings is 1. The van der Waals surface area contributed by atoms with Crippen LogP contribution in [-0.2, 0) is 16.1 Å². The molecule has 0 aliphatic rings. The van der Waals surface area contributed by atoms with Crippen LogP contribution in [0.3, 0.4) is 0 Å². The highest BCUT2D eigenvalue weighted by Gasteiger charge is 2.22. The number of imide groups is 1. The van der Waals surface area contributed by atoms with Crippen LogP contribution in [0.25, 0.3) is 0 Å². The van der Waals surface area contributed by atoms with Gasteiger partial charge in [-0.1, -0.05) is 0 Å². The largest absolute Gasteiger partial charge is 0.378 e. The molecule has 9 nitrogen and oxygen atoms in total. The molecule has 0 aliphatic heterocycles. The van der Waals surface area contributed by atoms with Gasteiger partial charge in [0, 0.05) is 39.6 Å². The van der Waals surface area contributed by atoms with Crippen molar-refractivity contribution in [1.82, 2.24) is 14.5 Å². The monoisotopic (exact) mass is 358 g/mol. The molecule has 2 N–H and O–H groups in total. The Morgan fingerprint density at radius 1 is 1.19 bits per heavy atom. The average Bonchev–Trinajstić information content (AvgIpc) is 3.03. The Morgan fingerprint density at radius 3 is 2.38 bits per heavy atom. The Labute approximate surface area is 151 Å². The smallest absolute Gasteiger partial charge is 0.280 e. The van der Waals surface area contributed by atoms with Gasteiger partial charge in [0.15, 0.2) is 11.5 Å². The Balaban J connectivity index is 2.15. The lowest BCUT2D eigenvalue weighted by Crippen LogP contribution is -2.29. The highest BCUT2D eigenvalue weighted by molar-refractivity contribution is 6.02. The number of anilines is 3. The van der Waals surface area contributed by atoms with E-state index < -0.39 is 5.91 Å². The van der Waals surface area contributed by atoms with Crippen LogP contribution in [-0.4, -0.2) is 60.9 Å². The second-order valence-electron chi connectivity index (χ2n) is 5.83. The standard InChI is InChI=1S/C17H22N6O3/c1-18-16-15(17(26)22(4)11-24)23(10-19-16)9-14(25)20-12-5-7-13(8-6-12)21(2)3/h5-8,10-11,18H,9H2,1-4H3,(H,20,25). The molecule has 0 spiro atoms. The van der Waals surface area contributed by atoms with Crippen LogP contribution in [0.5, 0.6) is 0 Å². The molecule has 0 atom stereocenters. The van der Waals surface area contributed by atoms with Crippen molar-refractivity contribution in [2.24, 2.45) is 0 Å². The van der Waals surface area contributed by atoms with Crippen molar-refractivity contribution >= 4 is 35.4 Å². The summed E-state index contributed by atoms with van der Waals surface area (Å²) in [6.07, 6.45) is 1.79. The minimum absolute atomic E-state index is 0.113. The summed E-state index contributed by atoms with van der Waals surface area (Å²) >= 11 is 0. The minimum atomic E-state index is -0.551. The number of hydrogen-bond donors (Lipinski definition) is 2. The molecule has 0 fully saturated rings. The molecule has 0 radical (unpaired) electrons. The van der Waals surface area contributed by atoms with Crippen molar-refractivity contribution in [3.05, 3.63) is 36.3 Å². The molecule has 2 aromatic rings. The number of rotatable bonds is 7. The van der Waals surface area contributed by atoms with Gasteiger partial charge < -0.3 is 20.1 Å². The van der Waals surface area contributed by atoms with Crippen molar-refractivity contribution < 1.29 is 14.4 Å². The highest BCUT2D eigenvalue weighted by atomic mass is 16.2. The first-order valence-corrected chi connectivity index (χ1v) is 7.90. The zero-order valence-electron chi connectivity index (χ0n) is 15.2. The maximum atomic E-state index is 12.3. The average molecular weight is 358 g/mol. The summed E-state index contributed by atoms with van der Waals surface area (Å²) in [5.41, 5.74) is 1.80. The lowest BCUT2D eigenvalue weighted by molar-refractivity contribution is -0.116. The van der Waals surface area contributed by atoms with E-state index in [1.807, 2.05) is 31.1 Å². The third kappa shape index (κ3) is 4.18. The van der Waals surface area contributed by atoms with E-state index in [4.69, 9.17) is 0 Å². The van der Waals surface area contributed by atoms with Gasteiger partial charge in [-0.05, 0) is 24.3 Å². The Kier molecular flexibility index (Phi) is 5.94. The first-order valence-electron chi connectivity index (χ1n) is 7.90. The highest BCUT2D eigenvalue weighted by Crippen LogP contribution is 2.17. The third-order valence-electron chi connectivity index (χ3n) is 3.74. The number of imidazole rings is 1. The summed E-state index contributed by atoms with van der Waals surface area (Å²) in [6.45, 7) is -0.113. The third-order valence-corrected chi connectivity index (χ3v) is 3.74. The number of carbonyl (C=O) groups excluding carboxylic acids is 3. The first-order chi connectivity index (χ1) is 12.4. The Bertz CT molecular complexity index is 797. The van der Waals surface area contributed by atoms with E-state index in [1.165, 1.54) is 17.9 Å². The topological polar surface area (TPSA) is 99.6 Å². The van der Waals surface area contributed by atoms with E-state index >= 15 is 0 Å². The second kappa shape index (κ2) is 8.15. The van der Waals surface area contributed by atoms with Gasteiger partial charge in [-0.3, -0.25) is 19.3 Å². The van der Waals surface area contributed by atoms with E-state index in [0.29, 0.717) is 17.9 Å². The van der Waals surface area contributed by atoms with Crippen LogP contribution in [0.15, 0.2) is 30.6 Å². The van der Waals surface area contributed by atoms with Crippen molar-refractivity contribution in [1.29, 1.82) is 0 Å². The van der Waals surface area contributed by atoms with Crippen LogP contribution < -0.4 is 15.5 Å². The molecule has 0 unspecified atom stereocenters. The molecular weight excluding hydrogens is 336 g/mol. The fourth-order valence-electron chi connectivity index (χ4n) is 2.32. The van der Waals surface area contributed by atoms with Gasteiger partial charge in [0.2, 0.25) is 12.3 Å². The molecule has 0 bridgehead atoms. The Hall–Kier alpha value is -3.36. The van der Waals surface area contributed by atoms with Gasteiger partial charge in [-0.2, -0.15) is 0 Å². The fourth-order valence-corrected chi connectivity index (χ4v) is 2.32. The van der Waals surface area contributed by atoms with E-state index in [0.717, 1.165) is 10.6 Å². The normalized spacial score (nSPS) is 10.2. The SMILES string of the molecule is CNc1ncn(CC(=O)Nc2ccc(N(C)C)cc2)c1C(=O)N(C)C=O. The fraction of sp³-hybridized carbons (Fsp3) is 0.294. The van der Waals surface area contributed by atoms with Crippen LogP contribution >= 0.6 is 0 Å². The van der Waals surface area contributed by atoms with E-state index in [9.17, 15) is 14.4 Å². The summed E-state index contributed by atoms with van der Waals surface area (Å²) < 4.78 is 1.40. The Morgan fingerprint density at radius 2 is 1.85 bits per heavy atom. The van der Waals surface area contributed by atoms with Crippen molar-refractivity contribution in [2.75, 3.05) is 43.7 Å². The molecule has 3 amide bonds. The molecule has 0 saturated heterocycles. The number of hydrogen-bond acceptors (Lipinski definition) is 6. The molecule has 0 aliphatic carbocycles. The summed E-state index contributed by atoms with van der Waals surface area (Å²) in [4.78, 5) is 42.4. The molecular formula is C17H22N6O3. The summed E-state index contributed by atoms with van der Waals surface area (Å²) in [5.74, 6) is -0.567. The predicted octanol–water partition coefficient (Wildman–Crippen LogP) is 0.858. The molecule has 9 heteroatoms. The van der Waals surface area contributed by atoms with E-state index in [-0.39, 0.29) is 18.1 Å². The number of amides is 3. The van der Waals surface area contributed by atoms with Crippen molar-refractivity contribution in [3.63, 3.8) is 0 Å². The molecule has 1 heterocycles. The quantitative estimate of drug-likeness (QED) is 0.712. The van der Waals surface area contributed by atoms with Gasteiger partial charge in [0.1, 0.15) is 6.54 Å². The maximum absolute atomic E-state index is 12.3. The molecule has 138 valence electrons. The van der Waals surface area contributed by atoms with Crippen LogP contribution in [0, 0.1) is 0 Å². The van der Waals surface area contributed by atoms with E-state index in [1.54, 1.807) is 19.2 Å². The molecule has 2 rings (SSSR count). The van der Waals surface area contributed by atoms with Crippen LogP contribution in [0.1, 0.15) is 10.5 Å². The zero-order chi connectivity index (χ0) is 19.3. The van der Waals surface area contributed by atoms with Crippen LogP contribution in [0.2, 0.25) is 0 Å².